The SMILES string of the molecule is CN1CCN(c2ccc(S(=O)(=O)c3ccc(CNC(=O)c4ccc5nccn5c4)nc3)cn2)CC1. The van der Waals surface area contributed by atoms with Crippen molar-refractivity contribution in [2.24, 2.45) is 0 Å². The molecule has 1 amide bonds. The number of carbonyl (C=O) groups is 1. The Hall–Kier alpha value is -3.83. The first-order valence-corrected chi connectivity index (χ1v) is 12.7. The van der Waals surface area contributed by atoms with Crippen LogP contribution in [0, 0.1) is 0 Å². The number of hydrogen-bond donors (Lipinski definition) is 1. The number of carbonyl (C=O) groups excluding carboxylic acids is 1. The van der Waals surface area contributed by atoms with Gasteiger partial charge in [-0.25, -0.2) is 18.4 Å². The van der Waals surface area contributed by atoms with E-state index in [1.54, 1.807) is 53.3 Å². The predicted octanol–water partition coefficient (Wildman–Crippen LogP) is 1.64. The Balaban J connectivity index is 1.23. The van der Waals surface area contributed by atoms with Crippen LogP contribution in [0.5, 0.6) is 0 Å². The average molecular weight is 492 g/mol. The minimum atomic E-state index is -3.75. The standard InChI is InChI=1S/C24H25N7O3S/c1-29-10-12-30(13-11-29)23-7-5-21(16-27-23)35(33,34)20-4-3-19(26-15-20)14-28-24(32)18-2-6-22-25-8-9-31(22)17-18/h2-9,15-17H,10-14H2,1H3,(H,28,32). The number of fused-ring (bicyclic) bond motifs is 1. The van der Waals surface area contributed by atoms with Gasteiger partial charge in [-0.1, -0.05) is 0 Å². The molecule has 35 heavy (non-hydrogen) atoms. The molecule has 0 aliphatic carbocycles. The number of pyridine rings is 3. The van der Waals surface area contributed by atoms with E-state index in [0.29, 0.717) is 11.3 Å². The van der Waals surface area contributed by atoms with Gasteiger partial charge < -0.3 is 19.5 Å². The highest BCUT2D eigenvalue weighted by atomic mass is 32.2. The molecule has 0 aromatic carbocycles. The average Bonchev–Trinajstić information content (AvgIpc) is 3.36. The van der Waals surface area contributed by atoms with Gasteiger partial charge in [0.15, 0.2) is 0 Å². The van der Waals surface area contributed by atoms with Gasteiger partial charge in [0, 0.05) is 57.2 Å². The van der Waals surface area contributed by atoms with Crippen LogP contribution in [0.15, 0.2) is 77.2 Å². The smallest absolute Gasteiger partial charge is 0.253 e. The summed E-state index contributed by atoms with van der Waals surface area (Å²) in [7, 11) is -1.67. The maximum Gasteiger partial charge on any atom is 0.253 e. The van der Waals surface area contributed by atoms with Gasteiger partial charge in [0.25, 0.3) is 5.91 Å². The van der Waals surface area contributed by atoms with E-state index in [1.165, 1.54) is 18.5 Å². The largest absolute Gasteiger partial charge is 0.354 e. The number of nitrogens with one attached hydrogen (secondary N) is 1. The summed E-state index contributed by atoms with van der Waals surface area (Å²) in [6.45, 7) is 3.77. The van der Waals surface area contributed by atoms with E-state index in [9.17, 15) is 13.2 Å². The first-order valence-electron chi connectivity index (χ1n) is 11.2. The van der Waals surface area contributed by atoms with E-state index >= 15 is 0 Å². The molecule has 5 heterocycles. The Bertz CT molecular complexity index is 1440. The number of hydrogen-bond acceptors (Lipinski definition) is 8. The van der Waals surface area contributed by atoms with Gasteiger partial charge in [-0.15, -0.1) is 0 Å². The Morgan fingerprint density at radius 2 is 1.69 bits per heavy atom. The summed E-state index contributed by atoms with van der Waals surface area (Å²) in [6, 6.07) is 9.88. The molecule has 1 aliphatic heterocycles. The fraction of sp³-hybridized carbons (Fsp3) is 0.250. The van der Waals surface area contributed by atoms with Crippen molar-refractivity contribution >= 4 is 27.2 Å². The van der Waals surface area contributed by atoms with E-state index in [1.807, 2.05) is 0 Å². The number of likely N-dealkylation sites (N-methyl/N-ethyl adjacent to an activating group) is 1. The molecular weight excluding hydrogens is 466 g/mol. The molecule has 10 nitrogen and oxygen atoms in total. The molecule has 0 saturated carbocycles. The zero-order chi connectivity index (χ0) is 24.4. The van der Waals surface area contributed by atoms with Gasteiger partial charge in [0.1, 0.15) is 11.5 Å². The zero-order valence-corrected chi connectivity index (χ0v) is 20.0. The summed E-state index contributed by atoms with van der Waals surface area (Å²) in [6.07, 6.45) is 7.83. The van der Waals surface area contributed by atoms with Gasteiger partial charge >= 0.3 is 0 Å². The summed E-state index contributed by atoms with van der Waals surface area (Å²) < 4.78 is 27.8. The van der Waals surface area contributed by atoms with Crippen molar-refractivity contribution in [1.82, 2.24) is 29.6 Å². The maximum absolute atomic E-state index is 13.0. The number of anilines is 1. The lowest BCUT2D eigenvalue weighted by Gasteiger charge is -2.33. The number of sulfone groups is 1. The van der Waals surface area contributed by atoms with Crippen molar-refractivity contribution in [3.8, 4) is 0 Å². The summed E-state index contributed by atoms with van der Waals surface area (Å²) >= 11 is 0. The van der Waals surface area contributed by atoms with E-state index in [2.05, 4.69) is 37.1 Å². The molecule has 180 valence electrons. The van der Waals surface area contributed by atoms with Gasteiger partial charge in [-0.2, -0.15) is 0 Å². The topological polar surface area (TPSA) is 113 Å². The number of nitrogens with zero attached hydrogens (tertiary/aromatic N) is 6. The third kappa shape index (κ3) is 4.86. The van der Waals surface area contributed by atoms with Crippen LogP contribution in [0.2, 0.25) is 0 Å². The second-order valence-corrected chi connectivity index (χ2v) is 10.4. The summed E-state index contributed by atoms with van der Waals surface area (Å²) in [5, 5.41) is 2.80. The number of piperazine rings is 1. The number of imidazole rings is 1. The lowest BCUT2D eigenvalue weighted by atomic mass is 10.2. The van der Waals surface area contributed by atoms with Crippen molar-refractivity contribution < 1.29 is 13.2 Å². The monoisotopic (exact) mass is 491 g/mol. The normalized spacial score (nSPS) is 14.8. The Labute approximate surface area is 203 Å². The first-order chi connectivity index (χ1) is 16.9. The van der Waals surface area contributed by atoms with E-state index in [0.717, 1.165) is 37.6 Å². The molecule has 4 aromatic rings. The van der Waals surface area contributed by atoms with Crippen molar-refractivity contribution in [3.63, 3.8) is 0 Å². The molecule has 1 aliphatic rings. The quantitative estimate of drug-likeness (QED) is 0.433. The van der Waals surface area contributed by atoms with Crippen LogP contribution in [0.4, 0.5) is 5.82 Å². The van der Waals surface area contributed by atoms with Gasteiger partial charge in [-0.3, -0.25) is 9.78 Å². The number of aromatic nitrogens is 4. The minimum Gasteiger partial charge on any atom is -0.354 e. The third-order valence-corrected chi connectivity index (χ3v) is 7.77. The predicted molar refractivity (Wildman–Crippen MR) is 130 cm³/mol. The molecule has 0 atom stereocenters. The van der Waals surface area contributed by atoms with Crippen LogP contribution < -0.4 is 10.2 Å². The lowest BCUT2D eigenvalue weighted by molar-refractivity contribution is 0.0950. The van der Waals surface area contributed by atoms with Gasteiger partial charge in [0.2, 0.25) is 9.84 Å². The molecule has 1 saturated heterocycles. The van der Waals surface area contributed by atoms with Gasteiger partial charge in [-0.05, 0) is 43.4 Å². The molecule has 0 radical (unpaired) electrons. The highest BCUT2D eigenvalue weighted by molar-refractivity contribution is 7.91. The molecule has 0 spiro atoms. The second kappa shape index (κ2) is 9.43. The van der Waals surface area contributed by atoms with Crippen LogP contribution in [0.1, 0.15) is 16.1 Å². The second-order valence-electron chi connectivity index (χ2n) is 8.42. The fourth-order valence-electron chi connectivity index (χ4n) is 3.89. The molecule has 1 fully saturated rings. The first kappa shape index (κ1) is 22.9. The van der Waals surface area contributed by atoms with Crippen molar-refractivity contribution in [2.75, 3.05) is 38.1 Å². The highest BCUT2D eigenvalue weighted by Gasteiger charge is 2.21. The van der Waals surface area contributed by atoms with Crippen molar-refractivity contribution in [3.05, 3.63) is 78.6 Å². The van der Waals surface area contributed by atoms with Gasteiger partial charge in [0.05, 0.1) is 27.6 Å². The molecule has 11 heteroatoms. The van der Waals surface area contributed by atoms with E-state index in [-0.39, 0.29) is 22.2 Å². The maximum atomic E-state index is 13.0. The molecule has 0 unspecified atom stereocenters. The van der Waals surface area contributed by atoms with Crippen LogP contribution in [0.3, 0.4) is 0 Å². The lowest BCUT2D eigenvalue weighted by Crippen LogP contribution is -2.44. The molecule has 5 rings (SSSR count). The van der Waals surface area contributed by atoms with Crippen molar-refractivity contribution in [1.29, 1.82) is 0 Å². The molecule has 1 N–H and O–H groups in total. The van der Waals surface area contributed by atoms with Crippen molar-refractivity contribution in [2.45, 2.75) is 16.3 Å². The zero-order valence-electron chi connectivity index (χ0n) is 19.2. The summed E-state index contributed by atoms with van der Waals surface area (Å²) in [5.74, 6) is 0.513. The van der Waals surface area contributed by atoms with Crippen LogP contribution >= 0.6 is 0 Å². The Morgan fingerprint density at radius 1 is 0.943 bits per heavy atom. The molecule has 0 bridgehead atoms. The molecular formula is C24H25N7O3S. The van der Waals surface area contributed by atoms with Crippen LogP contribution in [-0.4, -0.2) is 71.8 Å². The third-order valence-electron chi connectivity index (χ3n) is 6.05. The molecule has 4 aromatic heterocycles. The summed E-state index contributed by atoms with van der Waals surface area (Å²) in [5.41, 5.74) is 1.79. The van der Waals surface area contributed by atoms with E-state index < -0.39 is 9.84 Å². The number of amides is 1. The van der Waals surface area contributed by atoms with Crippen LogP contribution in [0.25, 0.3) is 5.65 Å². The summed E-state index contributed by atoms with van der Waals surface area (Å²) in [4.78, 5) is 29.8. The Kier molecular flexibility index (Phi) is 6.18. The Morgan fingerprint density at radius 3 is 2.37 bits per heavy atom. The fourth-order valence-corrected chi connectivity index (χ4v) is 5.04. The van der Waals surface area contributed by atoms with Crippen LogP contribution in [-0.2, 0) is 16.4 Å². The highest BCUT2D eigenvalue weighted by Crippen LogP contribution is 2.22. The van der Waals surface area contributed by atoms with E-state index in [4.69, 9.17) is 0 Å². The number of rotatable bonds is 6. The minimum absolute atomic E-state index is 0.0762.